The van der Waals surface area contributed by atoms with Crippen molar-refractivity contribution in [1.82, 2.24) is 15.3 Å². The number of rotatable bonds is 9. The number of aromatic nitrogens is 2. The van der Waals surface area contributed by atoms with Crippen LogP contribution in [0.25, 0.3) is 0 Å². The molecular formula is C22H20ClFN6O3. The first-order chi connectivity index (χ1) is 16.0. The van der Waals surface area contributed by atoms with Gasteiger partial charge >= 0.3 is 6.03 Å². The number of nitriles is 1. The van der Waals surface area contributed by atoms with Gasteiger partial charge < -0.3 is 20.1 Å². The molecule has 2 aromatic carbocycles. The predicted molar refractivity (Wildman–Crippen MR) is 121 cm³/mol. The molecule has 2 amide bonds. The lowest BCUT2D eigenvalue weighted by Gasteiger charge is -2.15. The minimum absolute atomic E-state index is 0.135. The first-order valence-corrected chi connectivity index (χ1v) is 10.1. The molecule has 0 fully saturated rings. The number of anilines is 2. The highest BCUT2D eigenvalue weighted by Crippen LogP contribution is 2.36. The number of ether oxygens (including phenoxy) is 2. The number of urea groups is 1. The van der Waals surface area contributed by atoms with E-state index in [4.69, 9.17) is 26.3 Å². The highest BCUT2D eigenvalue weighted by Gasteiger charge is 2.14. The molecule has 0 aliphatic rings. The van der Waals surface area contributed by atoms with Crippen molar-refractivity contribution in [3.05, 3.63) is 70.9 Å². The molecule has 0 spiro atoms. The average Bonchev–Trinajstić information content (AvgIpc) is 2.81. The van der Waals surface area contributed by atoms with Gasteiger partial charge in [-0.25, -0.2) is 19.2 Å². The van der Waals surface area contributed by atoms with Gasteiger partial charge in [-0.3, -0.25) is 5.32 Å². The maximum absolute atomic E-state index is 12.9. The van der Waals surface area contributed by atoms with Crippen molar-refractivity contribution in [2.24, 2.45) is 0 Å². The van der Waals surface area contributed by atoms with Crippen LogP contribution < -0.4 is 25.4 Å². The minimum Gasteiger partial charge on any atom is -0.494 e. The van der Waals surface area contributed by atoms with Gasteiger partial charge in [0, 0.05) is 19.2 Å². The lowest BCUT2D eigenvalue weighted by molar-refractivity contribution is 0.262. The second-order valence-corrected chi connectivity index (χ2v) is 7.02. The van der Waals surface area contributed by atoms with E-state index in [1.807, 2.05) is 6.07 Å². The third kappa shape index (κ3) is 7.03. The fraction of sp³-hybridized carbons (Fsp3) is 0.182. The smallest absolute Gasteiger partial charge is 0.325 e. The van der Waals surface area contributed by atoms with Crippen LogP contribution in [0.2, 0.25) is 5.02 Å². The van der Waals surface area contributed by atoms with E-state index in [2.05, 4.69) is 25.9 Å². The molecule has 0 aliphatic carbocycles. The molecule has 0 saturated heterocycles. The van der Waals surface area contributed by atoms with Gasteiger partial charge in [0.1, 0.15) is 30.0 Å². The Morgan fingerprint density at radius 3 is 2.61 bits per heavy atom. The van der Waals surface area contributed by atoms with Crippen LogP contribution >= 0.6 is 11.6 Å². The number of carbonyl (C=O) groups excluding carboxylic acids is 1. The Morgan fingerprint density at radius 1 is 1.15 bits per heavy atom. The number of hydrogen-bond acceptors (Lipinski definition) is 7. The maximum Gasteiger partial charge on any atom is 0.325 e. The molecule has 3 aromatic rings. The third-order valence-electron chi connectivity index (χ3n) is 4.29. The largest absolute Gasteiger partial charge is 0.494 e. The second kappa shape index (κ2) is 11.6. The maximum atomic E-state index is 12.9. The number of nitrogens with zero attached hydrogens (tertiary/aromatic N) is 3. The summed E-state index contributed by atoms with van der Waals surface area (Å²) in [5.41, 5.74) is 1.41. The quantitative estimate of drug-likeness (QED) is 0.404. The fourth-order valence-electron chi connectivity index (χ4n) is 2.70. The molecule has 3 N–H and O–H groups in total. The van der Waals surface area contributed by atoms with Crippen LogP contribution in [0, 0.1) is 17.1 Å². The first-order valence-electron chi connectivity index (χ1n) is 9.74. The number of benzene rings is 2. The monoisotopic (exact) mass is 470 g/mol. The number of nitrogens with one attached hydrogen (secondary N) is 3. The summed E-state index contributed by atoms with van der Waals surface area (Å²) in [7, 11) is 1.45. The van der Waals surface area contributed by atoms with Crippen molar-refractivity contribution < 1.29 is 18.7 Å². The van der Waals surface area contributed by atoms with Gasteiger partial charge in [-0.2, -0.15) is 5.26 Å². The van der Waals surface area contributed by atoms with Gasteiger partial charge in [-0.1, -0.05) is 23.7 Å². The number of carbonyl (C=O) groups is 1. The highest BCUT2D eigenvalue weighted by atomic mass is 35.5. The number of hydrogen-bond donors (Lipinski definition) is 3. The Labute approximate surface area is 194 Å². The van der Waals surface area contributed by atoms with Gasteiger partial charge in [-0.05, 0) is 23.8 Å². The van der Waals surface area contributed by atoms with Crippen LogP contribution in [0.1, 0.15) is 11.3 Å². The van der Waals surface area contributed by atoms with Crippen LogP contribution in [0.3, 0.4) is 0 Å². The summed E-state index contributed by atoms with van der Waals surface area (Å²) < 4.78 is 24.0. The molecule has 170 valence electrons. The topological polar surface area (TPSA) is 121 Å². The van der Waals surface area contributed by atoms with Crippen molar-refractivity contribution in [1.29, 1.82) is 5.26 Å². The number of halogens is 2. The lowest BCUT2D eigenvalue weighted by atomic mass is 10.2. The average molecular weight is 471 g/mol. The highest BCUT2D eigenvalue weighted by molar-refractivity contribution is 6.32. The summed E-state index contributed by atoms with van der Waals surface area (Å²) in [6, 6.07) is 10.6. The molecule has 0 unspecified atom stereocenters. The van der Waals surface area contributed by atoms with Crippen LogP contribution in [0.4, 0.5) is 20.7 Å². The van der Waals surface area contributed by atoms with Gasteiger partial charge in [0.25, 0.3) is 0 Å². The molecule has 0 saturated carbocycles. The zero-order valence-electron chi connectivity index (χ0n) is 17.6. The predicted octanol–water partition coefficient (Wildman–Crippen LogP) is 3.96. The summed E-state index contributed by atoms with van der Waals surface area (Å²) in [5, 5.41) is 17.3. The summed E-state index contributed by atoms with van der Waals surface area (Å²) in [6.07, 6.45) is 2.51. The molecule has 9 nitrogen and oxygen atoms in total. The number of amides is 2. The molecular weight excluding hydrogens is 451 g/mol. The molecule has 33 heavy (non-hydrogen) atoms. The van der Waals surface area contributed by atoms with Crippen molar-refractivity contribution in [2.45, 2.75) is 6.54 Å². The van der Waals surface area contributed by atoms with Crippen LogP contribution in [0.5, 0.6) is 11.5 Å². The van der Waals surface area contributed by atoms with E-state index in [0.717, 1.165) is 5.56 Å². The van der Waals surface area contributed by atoms with Crippen molar-refractivity contribution in [3.8, 4) is 17.6 Å². The second-order valence-electron chi connectivity index (χ2n) is 6.61. The molecule has 3 rings (SSSR count). The van der Waals surface area contributed by atoms with Crippen LogP contribution in [-0.4, -0.2) is 36.3 Å². The Morgan fingerprint density at radius 2 is 1.94 bits per heavy atom. The molecule has 11 heteroatoms. The molecule has 0 bridgehead atoms. The molecule has 0 radical (unpaired) electrons. The Kier molecular flexibility index (Phi) is 8.35. The van der Waals surface area contributed by atoms with Gasteiger partial charge in [0.2, 0.25) is 0 Å². The van der Waals surface area contributed by atoms with Crippen molar-refractivity contribution >= 4 is 29.1 Å². The van der Waals surface area contributed by atoms with Crippen LogP contribution in [0.15, 0.2) is 48.8 Å². The SMILES string of the molecule is COc1cc(OCCNCc2ccc(F)cc2)c(Cl)cc1NC(=O)Nc1cnc(C#N)cn1. The number of methoxy groups -OCH3 is 1. The van der Waals surface area contributed by atoms with E-state index < -0.39 is 6.03 Å². The zero-order chi connectivity index (χ0) is 23.6. The zero-order valence-corrected chi connectivity index (χ0v) is 18.3. The van der Waals surface area contributed by atoms with Crippen molar-refractivity contribution in [3.63, 3.8) is 0 Å². The molecule has 0 aliphatic heterocycles. The van der Waals surface area contributed by atoms with Gasteiger partial charge in [-0.15, -0.1) is 0 Å². The van der Waals surface area contributed by atoms with E-state index in [1.54, 1.807) is 18.2 Å². The summed E-state index contributed by atoms with van der Waals surface area (Å²) >= 11 is 6.30. The van der Waals surface area contributed by atoms with E-state index in [1.165, 1.54) is 37.7 Å². The minimum atomic E-state index is -0.595. The standard InChI is InChI=1S/C22H20ClFN6O3/c1-32-20-9-19(33-7-6-26-11-14-2-4-15(24)5-3-14)17(23)8-18(20)29-22(31)30-21-13-27-16(10-25)12-28-21/h2-5,8-9,12-13,26H,6-7,11H2,1H3,(H2,28,29,30,31). The van der Waals surface area contributed by atoms with E-state index >= 15 is 0 Å². The molecule has 1 aromatic heterocycles. The summed E-state index contributed by atoms with van der Waals surface area (Å²) in [6.45, 7) is 1.43. The third-order valence-corrected chi connectivity index (χ3v) is 4.58. The normalized spacial score (nSPS) is 10.2. The van der Waals surface area contributed by atoms with Crippen molar-refractivity contribution in [2.75, 3.05) is 30.9 Å². The Hall–Kier alpha value is -3.94. The fourth-order valence-corrected chi connectivity index (χ4v) is 2.92. The van der Waals surface area contributed by atoms with Gasteiger partial charge in [0.05, 0.1) is 30.2 Å². The molecule has 0 atom stereocenters. The molecule has 1 heterocycles. The summed E-state index contributed by atoms with van der Waals surface area (Å²) in [5.74, 6) is 0.629. The van der Waals surface area contributed by atoms with Gasteiger partial charge in [0.15, 0.2) is 11.5 Å². The first kappa shape index (κ1) is 23.7. The Bertz CT molecular complexity index is 1140. The van der Waals surface area contributed by atoms with Crippen LogP contribution in [-0.2, 0) is 6.54 Å². The Balaban J connectivity index is 1.53. The van der Waals surface area contributed by atoms with E-state index in [9.17, 15) is 9.18 Å². The van der Waals surface area contributed by atoms with E-state index in [0.29, 0.717) is 36.9 Å². The lowest BCUT2D eigenvalue weighted by Crippen LogP contribution is -2.21. The van der Waals surface area contributed by atoms with E-state index in [-0.39, 0.29) is 22.4 Å². The summed E-state index contributed by atoms with van der Waals surface area (Å²) in [4.78, 5) is 20.0.